The molecule has 308 valence electrons. The van der Waals surface area contributed by atoms with Crippen molar-refractivity contribution < 1.29 is 0 Å². The Balaban J connectivity index is 0.884. The van der Waals surface area contributed by atoms with Crippen molar-refractivity contribution in [3.63, 3.8) is 0 Å². The van der Waals surface area contributed by atoms with Crippen LogP contribution >= 0.6 is 10.0 Å². The number of hydrogen-bond acceptors (Lipinski definition) is 2. The second kappa shape index (κ2) is 14.4. The fraction of sp³-hybridized carbons (Fsp3) is 0.207. The van der Waals surface area contributed by atoms with E-state index in [9.17, 15) is 0 Å². The molecule has 0 N–H and O–H groups in total. The molecule has 2 heterocycles. The minimum absolute atomic E-state index is 0.134. The fourth-order valence-corrected chi connectivity index (χ4v) is 17.8. The van der Waals surface area contributed by atoms with Crippen LogP contribution in [0.4, 0.5) is 22.7 Å². The molecule has 0 spiro atoms. The topological polar surface area (TPSA) is 6.48 Å². The van der Waals surface area contributed by atoms with Crippen molar-refractivity contribution in [3.05, 3.63) is 202 Å². The first-order chi connectivity index (χ1) is 29.9. The van der Waals surface area contributed by atoms with Crippen molar-refractivity contribution in [2.24, 2.45) is 5.92 Å². The Bertz CT molecular complexity index is 2960. The quantitative estimate of drug-likeness (QED) is 0.126. The van der Waals surface area contributed by atoms with Gasteiger partial charge in [0.05, 0.1) is 11.4 Å². The summed E-state index contributed by atoms with van der Waals surface area (Å²) in [7, 11) is -2.94. The molecule has 2 aliphatic heterocycles. The molecule has 3 aliphatic carbocycles. The first-order valence-electron chi connectivity index (χ1n) is 22.4. The van der Waals surface area contributed by atoms with Gasteiger partial charge in [0.25, 0.3) is 0 Å². The maximum Gasteiger partial charge on any atom is 0.113 e. The molecule has 0 aromatic heterocycles. The number of fused-ring (bicyclic) bond motifs is 6. The lowest BCUT2D eigenvalue weighted by Gasteiger charge is -2.46. The molecule has 2 nitrogen and oxygen atoms in total. The second-order valence-electron chi connectivity index (χ2n) is 19.4. The number of anilines is 4. The van der Waals surface area contributed by atoms with Gasteiger partial charge >= 0.3 is 0 Å². The molecule has 1 atom stereocenters. The highest BCUT2D eigenvalue weighted by Crippen LogP contribution is 2.67. The Morgan fingerprint density at radius 2 is 1.32 bits per heavy atom. The van der Waals surface area contributed by atoms with Gasteiger partial charge in [-0.25, -0.2) is 0 Å². The number of hydrogen-bond donors (Lipinski definition) is 0. The van der Waals surface area contributed by atoms with E-state index in [-0.39, 0.29) is 5.41 Å². The highest BCUT2D eigenvalue weighted by molar-refractivity contribution is 8.33. The first kappa shape index (κ1) is 39.1. The van der Waals surface area contributed by atoms with Crippen LogP contribution in [0.5, 0.6) is 0 Å². The summed E-state index contributed by atoms with van der Waals surface area (Å²) < 4.78 is 0. The molecule has 5 aliphatic rings. The molecule has 0 fully saturated rings. The predicted molar refractivity (Wildman–Crippen MR) is 271 cm³/mol. The van der Waals surface area contributed by atoms with Gasteiger partial charge in [-0.1, -0.05) is 143 Å². The van der Waals surface area contributed by atoms with Gasteiger partial charge in [-0.2, -0.15) is 10.0 Å². The highest BCUT2D eigenvalue weighted by Gasteiger charge is 2.43. The van der Waals surface area contributed by atoms with Gasteiger partial charge in [0.1, 0.15) is 8.07 Å². The first-order valence-corrected chi connectivity index (χ1v) is 27.9. The predicted octanol–water partition coefficient (Wildman–Crippen LogP) is 15.3. The summed E-state index contributed by atoms with van der Waals surface area (Å²) in [6, 6.07) is 50.7. The lowest BCUT2D eigenvalue weighted by Crippen LogP contribution is -2.53. The Morgan fingerprint density at radius 3 is 2.06 bits per heavy atom. The van der Waals surface area contributed by atoms with Gasteiger partial charge < -0.3 is 9.80 Å². The van der Waals surface area contributed by atoms with Crippen LogP contribution in [0.15, 0.2) is 184 Å². The summed E-state index contributed by atoms with van der Waals surface area (Å²) in [6.45, 7) is 12.4. The van der Waals surface area contributed by atoms with Gasteiger partial charge in [0.15, 0.2) is 0 Å². The third kappa shape index (κ3) is 5.97. The van der Waals surface area contributed by atoms with Crippen molar-refractivity contribution in [1.82, 2.24) is 0 Å². The van der Waals surface area contributed by atoms with E-state index in [1.807, 2.05) is 0 Å². The number of nitrogens with zero attached hydrogens (tertiary/aromatic N) is 2. The Labute approximate surface area is 371 Å². The van der Waals surface area contributed by atoms with E-state index in [0.717, 1.165) is 19.3 Å². The van der Waals surface area contributed by atoms with Crippen LogP contribution in [-0.4, -0.2) is 20.6 Å². The highest BCUT2D eigenvalue weighted by atomic mass is 32.3. The zero-order valence-electron chi connectivity index (χ0n) is 37.2. The average Bonchev–Trinajstić information content (AvgIpc) is 3.50. The van der Waals surface area contributed by atoms with Gasteiger partial charge in [0, 0.05) is 38.0 Å². The second-order valence-corrected chi connectivity index (χ2v) is 27.2. The molecule has 6 aromatic carbocycles. The Morgan fingerprint density at radius 1 is 0.677 bits per heavy atom. The van der Waals surface area contributed by atoms with E-state index in [1.54, 1.807) is 10.4 Å². The van der Waals surface area contributed by atoms with Gasteiger partial charge in [-0.05, 0) is 153 Å². The van der Waals surface area contributed by atoms with Crippen molar-refractivity contribution in [2.75, 3.05) is 22.3 Å². The minimum atomic E-state index is -1.82. The molecule has 0 radical (unpaired) electrons. The van der Waals surface area contributed by atoms with Crippen LogP contribution in [0.1, 0.15) is 67.9 Å². The minimum Gasteiger partial charge on any atom is -0.312 e. The van der Waals surface area contributed by atoms with Crippen LogP contribution in [0.3, 0.4) is 0 Å². The molecule has 62 heavy (non-hydrogen) atoms. The molecule has 4 heteroatoms. The van der Waals surface area contributed by atoms with Crippen molar-refractivity contribution in [1.29, 1.82) is 0 Å². The molecule has 0 saturated carbocycles. The lowest BCUT2D eigenvalue weighted by atomic mass is 9.81. The summed E-state index contributed by atoms with van der Waals surface area (Å²) >= 11 is 0. The number of para-hydroxylation sites is 3. The van der Waals surface area contributed by atoms with E-state index in [2.05, 4.69) is 226 Å². The fourth-order valence-electron chi connectivity index (χ4n) is 11.5. The van der Waals surface area contributed by atoms with E-state index < -0.39 is 18.1 Å². The standard InChI is InChI=1S/C58H56N2SSi/c1-39-17-14-25-53-57(39)62(6,7)56-28-13-10-24-52(56)60(53)45-32-34-47-46-33-31-41(36-48(46)58(2,3)49(47)38-45)30-29-40-18-15-19-42(35-40)43-20-16-21-44(37-43)59-50-22-8-11-26-54(50)61(4,5)55-27-12-9-23-51(55)59/h8-15,18-20,22-39H,16-17,21H2,1-7H3. The number of allylic oxidation sites excluding steroid dienone is 7. The maximum absolute atomic E-state index is 2.57. The monoisotopic (exact) mass is 840 g/mol. The normalized spacial score (nSPS) is 20.3. The lowest BCUT2D eigenvalue weighted by molar-refractivity contribution is 0.660. The Kier molecular flexibility index (Phi) is 9.05. The third-order valence-corrected chi connectivity index (χ3v) is 21.3. The van der Waals surface area contributed by atoms with Crippen molar-refractivity contribution in [2.45, 2.75) is 68.3 Å². The molecule has 0 saturated heterocycles. The van der Waals surface area contributed by atoms with Gasteiger partial charge in [-0.15, -0.1) is 0 Å². The zero-order valence-corrected chi connectivity index (χ0v) is 39.0. The van der Waals surface area contributed by atoms with Crippen LogP contribution in [0.2, 0.25) is 13.1 Å². The van der Waals surface area contributed by atoms with Crippen LogP contribution in [0, 0.1) is 5.92 Å². The molecule has 6 aromatic rings. The van der Waals surface area contributed by atoms with Gasteiger partial charge in [0.2, 0.25) is 0 Å². The third-order valence-electron chi connectivity index (χ3n) is 14.6. The molecule has 1 unspecified atom stereocenters. The number of benzene rings is 6. The van der Waals surface area contributed by atoms with E-state index in [0.29, 0.717) is 5.92 Å². The zero-order chi connectivity index (χ0) is 42.5. The average molecular weight is 841 g/mol. The molecule has 11 rings (SSSR count). The van der Waals surface area contributed by atoms with E-state index >= 15 is 0 Å². The molecule has 0 bridgehead atoms. The van der Waals surface area contributed by atoms with E-state index in [4.69, 9.17) is 0 Å². The SMILES string of the molecule is CC1CC=CC2=C1[Si](C)(C)c1ccccc1N2c1ccc2c(c1)C(C)(C)c1cc(C=Cc3cccc(C4=CCCC(N5c6ccccc6S(C)(C)c6ccccc65)=C4)c3)ccc1-2. The molecular formula is C58H56N2SSi. The summed E-state index contributed by atoms with van der Waals surface area (Å²) in [5, 5.41) is 3.22. The van der Waals surface area contributed by atoms with Crippen LogP contribution < -0.4 is 15.0 Å². The Hall–Kier alpha value is -5.81. The van der Waals surface area contributed by atoms with Crippen LogP contribution in [0.25, 0.3) is 28.9 Å². The van der Waals surface area contributed by atoms with Crippen molar-refractivity contribution >= 4 is 63.8 Å². The largest absolute Gasteiger partial charge is 0.312 e. The maximum atomic E-state index is 2.57. The molecule has 0 amide bonds. The van der Waals surface area contributed by atoms with E-state index in [1.165, 1.54) is 88.5 Å². The summed E-state index contributed by atoms with van der Waals surface area (Å²) in [5.41, 5.74) is 18.4. The summed E-state index contributed by atoms with van der Waals surface area (Å²) in [5.74, 6) is 0.557. The summed E-state index contributed by atoms with van der Waals surface area (Å²) in [4.78, 5) is 8.04. The number of rotatable bonds is 5. The summed E-state index contributed by atoms with van der Waals surface area (Å²) in [6.07, 6.45) is 22.3. The van der Waals surface area contributed by atoms with Gasteiger partial charge in [-0.3, -0.25) is 0 Å². The molecular weight excluding hydrogens is 785 g/mol. The van der Waals surface area contributed by atoms with Crippen LogP contribution in [-0.2, 0) is 5.41 Å². The van der Waals surface area contributed by atoms with Crippen molar-refractivity contribution in [3.8, 4) is 11.1 Å². The smallest absolute Gasteiger partial charge is 0.113 e.